The molecule has 0 aliphatic rings. The van der Waals surface area contributed by atoms with E-state index in [0.717, 1.165) is 33.2 Å². The van der Waals surface area contributed by atoms with Crippen LogP contribution in [0.25, 0.3) is 0 Å². The van der Waals surface area contributed by atoms with Crippen LogP contribution in [0.15, 0.2) is 36.4 Å². The Morgan fingerprint density at radius 1 is 1.12 bits per heavy atom. The van der Waals surface area contributed by atoms with Crippen LogP contribution in [0.4, 0.5) is 17.1 Å². The van der Waals surface area contributed by atoms with E-state index in [2.05, 4.69) is 11.4 Å². The van der Waals surface area contributed by atoms with Crippen molar-refractivity contribution in [3.63, 3.8) is 0 Å². The van der Waals surface area contributed by atoms with Gasteiger partial charge in [-0.15, -0.1) is 0 Å². The molecule has 2 rings (SSSR count). The number of nitrogens with one attached hydrogen (secondary N) is 1. The van der Waals surface area contributed by atoms with Gasteiger partial charge in [-0.3, -0.25) is 0 Å². The van der Waals surface area contributed by atoms with Crippen LogP contribution in [0.5, 0.6) is 0 Å². The molecule has 0 bridgehead atoms. The van der Waals surface area contributed by atoms with E-state index in [1.165, 1.54) is 0 Å². The van der Waals surface area contributed by atoms with Crippen LogP contribution in [0, 0.1) is 13.8 Å². The van der Waals surface area contributed by atoms with Crippen LogP contribution in [-0.4, -0.2) is 0 Å². The lowest BCUT2D eigenvalue weighted by Gasteiger charge is -2.11. The highest BCUT2D eigenvalue weighted by atomic mass is 35.5. The Morgan fingerprint density at radius 2 is 1.88 bits per heavy atom. The molecule has 0 saturated carbocycles. The largest absolute Gasteiger partial charge is 0.399 e. The van der Waals surface area contributed by atoms with Gasteiger partial charge in [-0.05, 0) is 55.3 Å². The van der Waals surface area contributed by atoms with Gasteiger partial charge in [0.05, 0.1) is 0 Å². The zero-order chi connectivity index (χ0) is 12.4. The molecule has 17 heavy (non-hydrogen) atoms. The van der Waals surface area contributed by atoms with Crippen molar-refractivity contribution < 1.29 is 0 Å². The maximum Gasteiger partial charge on any atom is 0.0455 e. The summed E-state index contributed by atoms with van der Waals surface area (Å²) in [6.45, 7) is 4.01. The van der Waals surface area contributed by atoms with E-state index >= 15 is 0 Å². The number of aryl methyl sites for hydroxylation is 1. The zero-order valence-electron chi connectivity index (χ0n) is 9.92. The number of halogens is 1. The highest BCUT2D eigenvalue weighted by Crippen LogP contribution is 2.27. The predicted molar refractivity (Wildman–Crippen MR) is 75.1 cm³/mol. The zero-order valence-corrected chi connectivity index (χ0v) is 10.7. The molecular formula is C14H15ClN2. The van der Waals surface area contributed by atoms with Crippen molar-refractivity contribution in [3.8, 4) is 0 Å². The van der Waals surface area contributed by atoms with Crippen molar-refractivity contribution in [1.82, 2.24) is 0 Å². The molecule has 88 valence electrons. The van der Waals surface area contributed by atoms with Crippen molar-refractivity contribution >= 4 is 28.7 Å². The van der Waals surface area contributed by atoms with E-state index < -0.39 is 0 Å². The summed E-state index contributed by atoms with van der Waals surface area (Å²) >= 11 is 6.08. The molecule has 0 unspecified atom stereocenters. The van der Waals surface area contributed by atoms with E-state index in [1.54, 1.807) is 0 Å². The normalized spacial score (nSPS) is 10.3. The molecule has 0 amide bonds. The van der Waals surface area contributed by atoms with E-state index in [0.29, 0.717) is 0 Å². The summed E-state index contributed by atoms with van der Waals surface area (Å²) in [6.07, 6.45) is 0. The van der Waals surface area contributed by atoms with Crippen LogP contribution >= 0.6 is 11.6 Å². The summed E-state index contributed by atoms with van der Waals surface area (Å²) in [7, 11) is 0. The molecule has 0 aliphatic heterocycles. The third kappa shape index (κ3) is 2.71. The van der Waals surface area contributed by atoms with Crippen LogP contribution in [0.1, 0.15) is 11.1 Å². The van der Waals surface area contributed by atoms with Crippen molar-refractivity contribution in [2.24, 2.45) is 0 Å². The number of anilines is 3. The smallest absolute Gasteiger partial charge is 0.0455 e. The molecule has 2 aromatic carbocycles. The summed E-state index contributed by atoms with van der Waals surface area (Å²) < 4.78 is 0. The highest BCUT2D eigenvalue weighted by Gasteiger charge is 2.03. The summed E-state index contributed by atoms with van der Waals surface area (Å²) in [5.41, 5.74) is 10.7. The minimum absolute atomic E-state index is 0.757. The molecule has 0 fully saturated rings. The average molecular weight is 247 g/mol. The highest BCUT2D eigenvalue weighted by molar-refractivity contribution is 6.31. The van der Waals surface area contributed by atoms with Gasteiger partial charge < -0.3 is 11.1 Å². The van der Waals surface area contributed by atoms with Crippen molar-refractivity contribution in [3.05, 3.63) is 52.5 Å². The monoisotopic (exact) mass is 246 g/mol. The maximum absolute atomic E-state index is 6.08. The lowest BCUT2D eigenvalue weighted by Crippen LogP contribution is -1.95. The van der Waals surface area contributed by atoms with Crippen LogP contribution in [0.2, 0.25) is 5.02 Å². The van der Waals surface area contributed by atoms with Gasteiger partial charge >= 0.3 is 0 Å². The molecule has 3 heteroatoms. The summed E-state index contributed by atoms with van der Waals surface area (Å²) in [6, 6.07) is 11.7. The molecule has 0 saturated heterocycles. The van der Waals surface area contributed by atoms with Gasteiger partial charge in [-0.25, -0.2) is 0 Å². The maximum atomic E-state index is 6.08. The van der Waals surface area contributed by atoms with Crippen molar-refractivity contribution in [2.45, 2.75) is 13.8 Å². The molecule has 2 aromatic rings. The minimum atomic E-state index is 0.757. The fraction of sp³-hybridized carbons (Fsp3) is 0.143. The molecule has 0 aliphatic carbocycles. The van der Waals surface area contributed by atoms with Crippen LogP contribution < -0.4 is 11.1 Å². The van der Waals surface area contributed by atoms with Gasteiger partial charge in [-0.2, -0.15) is 0 Å². The first-order chi connectivity index (χ1) is 8.06. The molecule has 2 nitrogen and oxygen atoms in total. The lowest BCUT2D eigenvalue weighted by molar-refractivity contribution is 1.41. The lowest BCUT2D eigenvalue weighted by atomic mass is 10.1. The molecule has 0 aromatic heterocycles. The first kappa shape index (κ1) is 11.8. The van der Waals surface area contributed by atoms with E-state index in [9.17, 15) is 0 Å². The Morgan fingerprint density at radius 3 is 2.59 bits per heavy atom. The predicted octanol–water partition coefficient (Wildman–Crippen LogP) is 4.28. The first-order valence-electron chi connectivity index (χ1n) is 5.45. The van der Waals surface area contributed by atoms with Gasteiger partial charge in [0.1, 0.15) is 0 Å². The van der Waals surface area contributed by atoms with Crippen LogP contribution in [-0.2, 0) is 0 Å². The SMILES string of the molecule is Cc1cc(N)cc(Nc2cccc(Cl)c2C)c1. The van der Waals surface area contributed by atoms with E-state index in [1.807, 2.05) is 44.2 Å². The van der Waals surface area contributed by atoms with Crippen molar-refractivity contribution in [2.75, 3.05) is 11.1 Å². The Labute approximate surface area is 106 Å². The van der Waals surface area contributed by atoms with Gasteiger partial charge in [-0.1, -0.05) is 17.7 Å². The fourth-order valence-electron chi connectivity index (χ4n) is 1.78. The minimum Gasteiger partial charge on any atom is -0.399 e. The number of hydrogen-bond acceptors (Lipinski definition) is 2. The average Bonchev–Trinajstić information content (AvgIpc) is 2.23. The number of benzene rings is 2. The molecule has 0 spiro atoms. The fourth-order valence-corrected chi connectivity index (χ4v) is 1.96. The topological polar surface area (TPSA) is 38.0 Å². The number of hydrogen-bond donors (Lipinski definition) is 2. The second-order valence-corrected chi connectivity index (χ2v) is 4.58. The Bertz CT molecular complexity index is 530. The molecule has 0 atom stereocenters. The number of rotatable bonds is 2. The Hall–Kier alpha value is -1.67. The number of nitrogens with two attached hydrogens (primary N) is 1. The second-order valence-electron chi connectivity index (χ2n) is 4.17. The van der Waals surface area contributed by atoms with Gasteiger partial charge in [0, 0.05) is 22.1 Å². The van der Waals surface area contributed by atoms with Crippen molar-refractivity contribution in [1.29, 1.82) is 0 Å². The summed E-state index contributed by atoms with van der Waals surface area (Å²) in [5, 5.41) is 4.09. The van der Waals surface area contributed by atoms with E-state index in [-0.39, 0.29) is 0 Å². The van der Waals surface area contributed by atoms with E-state index in [4.69, 9.17) is 17.3 Å². The molecule has 0 radical (unpaired) electrons. The van der Waals surface area contributed by atoms with Gasteiger partial charge in [0.2, 0.25) is 0 Å². The first-order valence-corrected chi connectivity index (χ1v) is 5.83. The number of nitrogen functional groups attached to an aromatic ring is 1. The third-order valence-corrected chi connectivity index (χ3v) is 3.06. The quantitative estimate of drug-likeness (QED) is 0.776. The third-order valence-electron chi connectivity index (χ3n) is 2.65. The Kier molecular flexibility index (Phi) is 3.25. The van der Waals surface area contributed by atoms with Crippen LogP contribution in [0.3, 0.4) is 0 Å². The summed E-state index contributed by atoms with van der Waals surface area (Å²) in [4.78, 5) is 0. The molecular weight excluding hydrogens is 232 g/mol. The summed E-state index contributed by atoms with van der Waals surface area (Å²) in [5.74, 6) is 0. The van der Waals surface area contributed by atoms with Gasteiger partial charge in [0.15, 0.2) is 0 Å². The van der Waals surface area contributed by atoms with Gasteiger partial charge in [0.25, 0.3) is 0 Å². The molecule has 0 heterocycles. The second kappa shape index (κ2) is 4.68. The standard InChI is InChI=1S/C14H15ClN2/c1-9-6-11(16)8-12(7-9)17-14-5-3-4-13(15)10(14)2/h3-8,17H,16H2,1-2H3. The molecule has 3 N–H and O–H groups in total. The Balaban J connectivity index is 2.34.